The van der Waals surface area contributed by atoms with Crippen molar-refractivity contribution in [1.82, 2.24) is 25.1 Å². The van der Waals surface area contributed by atoms with Gasteiger partial charge < -0.3 is 15.2 Å². The van der Waals surface area contributed by atoms with Gasteiger partial charge in [-0.2, -0.15) is 0 Å². The van der Waals surface area contributed by atoms with Crippen molar-refractivity contribution in [3.05, 3.63) is 66.1 Å². The Labute approximate surface area is 165 Å². The van der Waals surface area contributed by atoms with Gasteiger partial charge in [-0.05, 0) is 44.4 Å². The van der Waals surface area contributed by atoms with Crippen LogP contribution in [0.25, 0.3) is 10.9 Å². The molecule has 0 aliphatic carbocycles. The molecule has 0 radical (unpaired) electrons. The molecule has 0 spiro atoms. The van der Waals surface area contributed by atoms with Crippen molar-refractivity contribution in [2.75, 3.05) is 33.7 Å². The molecular weight excluding hydrogens is 350 g/mol. The van der Waals surface area contributed by atoms with Crippen molar-refractivity contribution in [3.8, 4) is 0 Å². The maximum atomic E-state index is 13.0. The molecule has 1 amide bonds. The summed E-state index contributed by atoms with van der Waals surface area (Å²) in [5.41, 5.74) is 2.78. The number of carbonyl (C=O) groups excluding carboxylic acids is 1. The number of carbonyl (C=O) groups is 1. The van der Waals surface area contributed by atoms with E-state index in [1.807, 2.05) is 48.8 Å². The minimum atomic E-state index is -0.00126. The molecular formula is C22H27N5O. The second-order valence-electron chi connectivity index (χ2n) is 7.86. The predicted molar refractivity (Wildman–Crippen MR) is 111 cm³/mol. The third kappa shape index (κ3) is 4.08. The van der Waals surface area contributed by atoms with Gasteiger partial charge in [0.15, 0.2) is 0 Å². The number of hydrogen-bond donors (Lipinski definition) is 2. The molecule has 2 atom stereocenters. The molecule has 3 heterocycles. The second-order valence-corrected chi connectivity index (χ2v) is 7.86. The molecule has 0 bridgehead atoms. The van der Waals surface area contributed by atoms with Crippen LogP contribution >= 0.6 is 0 Å². The van der Waals surface area contributed by atoms with Crippen LogP contribution in [0.2, 0.25) is 0 Å². The van der Waals surface area contributed by atoms with Gasteiger partial charge in [0.1, 0.15) is 0 Å². The average molecular weight is 377 g/mol. The number of nitrogens with one attached hydrogen (secondary N) is 2. The molecule has 3 aromatic rings. The van der Waals surface area contributed by atoms with E-state index in [1.165, 1.54) is 0 Å². The highest BCUT2D eigenvalue weighted by Crippen LogP contribution is 2.22. The zero-order valence-electron chi connectivity index (χ0n) is 16.4. The van der Waals surface area contributed by atoms with E-state index in [4.69, 9.17) is 0 Å². The maximum Gasteiger partial charge on any atom is 0.252 e. The molecule has 6 nitrogen and oxygen atoms in total. The number of amides is 1. The third-order valence-corrected chi connectivity index (χ3v) is 5.38. The quantitative estimate of drug-likeness (QED) is 0.692. The normalized spacial score (nSPS) is 20.1. The van der Waals surface area contributed by atoms with Gasteiger partial charge in [-0.25, -0.2) is 0 Å². The number of H-pyrrole nitrogens is 1. The molecule has 1 fully saturated rings. The van der Waals surface area contributed by atoms with E-state index in [9.17, 15) is 4.79 Å². The van der Waals surface area contributed by atoms with E-state index in [1.54, 1.807) is 0 Å². The first-order chi connectivity index (χ1) is 13.6. The molecule has 28 heavy (non-hydrogen) atoms. The molecule has 146 valence electrons. The highest BCUT2D eigenvalue weighted by molar-refractivity contribution is 6.06. The Bertz CT molecular complexity index is 936. The molecule has 2 N–H and O–H groups in total. The largest absolute Gasteiger partial charge is 0.361 e. The fourth-order valence-corrected chi connectivity index (χ4v) is 4.16. The minimum Gasteiger partial charge on any atom is -0.361 e. The summed E-state index contributed by atoms with van der Waals surface area (Å²) < 4.78 is 0. The highest BCUT2D eigenvalue weighted by Gasteiger charge is 2.34. The molecule has 1 aromatic carbocycles. The number of benzene rings is 1. The van der Waals surface area contributed by atoms with Crippen LogP contribution in [0.15, 0.2) is 54.9 Å². The van der Waals surface area contributed by atoms with Gasteiger partial charge in [0.25, 0.3) is 5.91 Å². The monoisotopic (exact) mass is 377 g/mol. The van der Waals surface area contributed by atoms with Crippen LogP contribution < -0.4 is 5.32 Å². The summed E-state index contributed by atoms with van der Waals surface area (Å²) in [4.78, 5) is 25.2. The van der Waals surface area contributed by atoms with Crippen molar-refractivity contribution >= 4 is 16.8 Å². The van der Waals surface area contributed by atoms with E-state index in [0.717, 1.165) is 48.3 Å². The van der Waals surface area contributed by atoms with Gasteiger partial charge in [0.2, 0.25) is 0 Å². The highest BCUT2D eigenvalue weighted by atomic mass is 16.1. The number of fused-ring (bicyclic) bond motifs is 1. The van der Waals surface area contributed by atoms with Gasteiger partial charge in [0, 0.05) is 67.0 Å². The first kappa shape index (κ1) is 18.7. The van der Waals surface area contributed by atoms with Crippen LogP contribution in [-0.4, -0.2) is 65.4 Å². The summed E-state index contributed by atoms with van der Waals surface area (Å²) in [6.07, 6.45) is 3.71. The van der Waals surface area contributed by atoms with Gasteiger partial charge in [-0.3, -0.25) is 14.7 Å². The van der Waals surface area contributed by atoms with E-state index in [2.05, 4.69) is 45.2 Å². The molecule has 0 saturated carbocycles. The summed E-state index contributed by atoms with van der Waals surface area (Å²) in [5, 5.41) is 4.27. The van der Waals surface area contributed by atoms with Crippen molar-refractivity contribution in [2.24, 2.45) is 5.92 Å². The Morgan fingerprint density at radius 3 is 2.89 bits per heavy atom. The average Bonchev–Trinajstić information content (AvgIpc) is 3.29. The third-order valence-electron chi connectivity index (χ3n) is 5.38. The van der Waals surface area contributed by atoms with Crippen LogP contribution in [0.1, 0.15) is 16.1 Å². The molecule has 1 aliphatic heterocycles. The molecule has 1 aliphatic rings. The van der Waals surface area contributed by atoms with Crippen molar-refractivity contribution in [3.63, 3.8) is 0 Å². The molecule has 4 rings (SSSR count). The van der Waals surface area contributed by atoms with Crippen LogP contribution in [-0.2, 0) is 6.54 Å². The number of rotatable bonds is 6. The van der Waals surface area contributed by atoms with E-state index >= 15 is 0 Å². The van der Waals surface area contributed by atoms with Gasteiger partial charge >= 0.3 is 0 Å². The topological polar surface area (TPSA) is 64.3 Å². The van der Waals surface area contributed by atoms with Crippen molar-refractivity contribution in [2.45, 2.75) is 12.6 Å². The zero-order chi connectivity index (χ0) is 19.5. The number of nitrogens with zero attached hydrogens (tertiary/aromatic N) is 3. The lowest BCUT2D eigenvalue weighted by Gasteiger charge is -2.23. The number of pyridine rings is 1. The Morgan fingerprint density at radius 1 is 1.21 bits per heavy atom. The summed E-state index contributed by atoms with van der Waals surface area (Å²) in [5.74, 6) is 0.381. The molecule has 6 heteroatoms. The van der Waals surface area contributed by atoms with E-state index < -0.39 is 0 Å². The van der Waals surface area contributed by atoms with Gasteiger partial charge in [0.05, 0.1) is 5.69 Å². The Hall–Kier alpha value is -2.70. The number of likely N-dealkylation sites (tertiary alicyclic amines) is 1. The lowest BCUT2D eigenvalue weighted by molar-refractivity contribution is 0.0928. The number of aromatic amines is 1. The van der Waals surface area contributed by atoms with E-state index in [0.29, 0.717) is 5.92 Å². The van der Waals surface area contributed by atoms with Crippen LogP contribution in [0.5, 0.6) is 0 Å². The minimum absolute atomic E-state index is 0.00126. The summed E-state index contributed by atoms with van der Waals surface area (Å²) in [6, 6.07) is 13.9. The first-order valence-electron chi connectivity index (χ1n) is 9.74. The smallest absolute Gasteiger partial charge is 0.252 e. The summed E-state index contributed by atoms with van der Waals surface area (Å²) in [6.45, 7) is 3.54. The van der Waals surface area contributed by atoms with Crippen LogP contribution in [0.3, 0.4) is 0 Å². The standard InChI is InChI=1S/C22H27N5O/c1-26(2)12-16-13-27(14-17-6-3-4-10-23-17)15-21(16)25-22(28)19-7-5-8-20-18(19)9-11-24-20/h3-11,16,21,24H,12-15H2,1-2H3,(H,25,28)/t16-,21-/m1/s1. The lowest BCUT2D eigenvalue weighted by Crippen LogP contribution is -2.43. The Morgan fingerprint density at radius 2 is 2.11 bits per heavy atom. The summed E-state index contributed by atoms with van der Waals surface area (Å²) >= 11 is 0. The fourth-order valence-electron chi connectivity index (χ4n) is 4.16. The maximum absolute atomic E-state index is 13.0. The fraction of sp³-hybridized carbons (Fsp3) is 0.364. The van der Waals surface area contributed by atoms with Gasteiger partial charge in [-0.1, -0.05) is 12.1 Å². The number of aromatic nitrogens is 2. The van der Waals surface area contributed by atoms with Crippen molar-refractivity contribution in [1.29, 1.82) is 0 Å². The Kier molecular flexibility index (Phi) is 5.41. The molecule has 2 aromatic heterocycles. The lowest BCUT2D eigenvalue weighted by atomic mass is 10.0. The van der Waals surface area contributed by atoms with Gasteiger partial charge in [-0.15, -0.1) is 0 Å². The first-order valence-corrected chi connectivity index (χ1v) is 9.74. The second kappa shape index (κ2) is 8.12. The number of hydrogen-bond acceptors (Lipinski definition) is 4. The zero-order valence-corrected chi connectivity index (χ0v) is 16.4. The molecule has 1 saturated heterocycles. The van der Waals surface area contributed by atoms with Crippen molar-refractivity contribution < 1.29 is 4.79 Å². The van der Waals surface area contributed by atoms with Crippen LogP contribution in [0, 0.1) is 5.92 Å². The SMILES string of the molecule is CN(C)C[C@@H]1CN(Cc2ccccn2)C[C@H]1NC(=O)c1cccc2[nH]ccc12. The van der Waals surface area contributed by atoms with E-state index in [-0.39, 0.29) is 11.9 Å². The summed E-state index contributed by atoms with van der Waals surface area (Å²) in [7, 11) is 4.17. The Balaban J connectivity index is 1.49. The molecule has 0 unspecified atom stereocenters. The van der Waals surface area contributed by atoms with Crippen LogP contribution in [0.4, 0.5) is 0 Å². The predicted octanol–water partition coefficient (Wildman–Crippen LogP) is 2.35.